The topological polar surface area (TPSA) is 64.8 Å². The molecule has 0 spiro atoms. The predicted octanol–water partition coefficient (Wildman–Crippen LogP) is 2.79. The van der Waals surface area contributed by atoms with E-state index in [-0.39, 0.29) is 12.2 Å². The van der Waals surface area contributed by atoms with E-state index >= 15 is 0 Å². The summed E-state index contributed by atoms with van der Waals surface area (Å²) in [4.78, 5) is 13.8. The van der Waals surface area contributed by atoms with Crippen LogP contribution in [0, 0.1) is 0 Å². The predicted molar refractivity (Wildman–Crippen MR) is 74.5 cm³/mol. The maximum atomic E-state index is 12.2. The summed E-state index contributed by atoms with van der Waals surface area (Å²) in [6.07, 6.45) is -0.501. The number of carbonyl (C=O) groups is 1. The summed E-state index contributed by atoms with van der Waals surface area (Å²) in [6.45, 7) is 7.87. The number of hydrogen-bond acceptors (Lipinski definition) is 4. The van der Waals surface area contributed by atoms with Crippen LogP contribution in [0.4, 0.5) is 16.2 Å². The second-order valence-electron chi connectivity index (χ2n) is 5.71. The summed E-state index contributed by atoms with van der Waals surface area (Å²) in [6, 6.07) is 5.36. The van der Waals surface area contributed by atoms with Crippen LogP contribution in [-0.2, 0) is 4.74 Å². The number of amides is 1. The number of nitrogen functional groups attached to an aromatic ring is 1. The molecule has 104 valence electrons. The van der Waals surface area contributed by atoms with Gasteiger partial charge in [0.25, 0.3) is 0 Å². The van der Waals surface area contributed by atoms with E-state index in [0.29, 0.717) is 23.7 Å². The Hall–Kier alpha value is -1.91. The summed E-state index contributed by atoms with van der Waals surface area (Å²) in [5.41, 5.74) is 6.55. The standard InChI is InChI=1S/C14H20N2O3/c1-9-8-16(13(17)19-14(2,3)4)11-7-5-6-10(15)12(11)18-9/h5-7,9H,8,15H2,1-4H3/t9-/m0/s1. The van der Waals surface area contributed by atoms with Gasteiger partial charge in [-0.1, -0.05) is 6.07 Å². The molecule has 1 amide bonds. The molecule has 0 bridgehead atoms. The van der Waals surface area contributed by atoms with Crippen LogP contribution in [0.5, 0.6) is 5.75 Å². The lowest BCUT2D eigenvalue weighted by molar-refractivity contribution is 0.0552. The Kier molecular flexibility index (Phi) is 3.30. The van der Waals surface area contributed by atoms with E-state index in [1.807, 2.05) is 33.8 Å². The maximum Gasteiger partial charge on any atom is 0.415 e. The highest BCUT2D eigenvalue weighted by molar-refractivity contribution is 5.92. The van der Waals surface area contributed by atoms with Crippen LogP contribution in [0.3, 0.4) is 0 Å². The molecular formula is C14H20N2O3. The van der Waals surface area contributed by atoms with Crippen LogP contribution in [0.1, 0.15) is 27.7 Å². The highest BCUT2D eigenvalue weighted by atomic mass is 16.6. The molecule has 0 saturated heterocycles. The number of ether oxygens (including phenoxy) is 2. The van der Waals surface area contributed by atoms with Gasteiger partial charge in [0.2, 0.25) is 0 Å². The number of rotatable bonds is 0. The molecule has 0 radical (unpaired) electrons. The molecule has 0 aromatic heterocycles. The van der Waals surface area contributed by atoms with Crippen molar-refractivity contribution in [2.75, 3.05) is 17.2 Å². The first kappa shape index (κ1) is 13.5. The van der Waals surface area contributed by atoms with E-state index in [0.717, 1.165) is 0 Å². The van der Waals surface area contributed by atoms with Crippen molar-refractivity contribution in [3.05, 3.63) is 18.2 Å². The molecule has 0 fully saturated rings. The van der Waals surface area contributed by atoms with E-state index in [2.05, 4.69) is 0 Å². The lowest BCUT2D eigenvalue weighted by atomic mass is 10.1. The Morgan fingerprint density at radius 2 is 2.16 bits per heavy atom. The normalized spacial score (nSPS) is 18.5. The molecule has 0 unspecified atom stereocenters. The summed E-state index contributed by atoms with van der Waals surface area (Å²) >= 11 is 0. The van der Waals surface area contributed by atoms with Crippen molar-refractivity contribution < 1.29 is 14.3 Å². The number of fused-ring (bicyclic) bond motifs is 1. The first-order chi connectivity index (χ1) is 8.78. The third-order valence-electron chi connectivity index (χ3n) is 2.69. The number of para-hydroxylation sites is 1. The third-order valence-corrected chi connectivity index (χ3v) is 2.69. The van der Waals surface area contributed by atoms with Gasteiger partial charge >= 0.3 is 6.09 Å². The fourth-order valence-electron chi connectivity index (χ4n) is 1.97. The molecule has 0 saturated carbocycles. The Labute approximate surface area is 113 Å². The van der Waals surface area contributed by atoms with Gasteiger partial charge in [-0.3, -0.25) is 4.90 Å². The molecule has 0 aliphatic carbocycles. The van der Waals surface area contributed by atoms with Gasteiger partial charge in [-0.05, 0) is 39.8 Å². The van der Waals surface area contributed by atoms with Gasteiger partial charge in [-0.2, -0.15) is 0 Å². The second-order valence-corrected chi connectivity index (χ2v) is 5.71. The van der Waals surface area contributed by atoms with Crippen molar-refractivity contribution in [2.24, 2.45) is 0 Å². The van der Waals surface area contributed by atoms with E-state index in [1.165, 1.54) is 0 Å². The van der Waals surface area contributed by atoms with E-state index < -0.39 is 5.60 Å². The summed E-state index contributed by atoms with van der Waals surface area (Å²) in [5.74, 6) is 0.548. The quantitative estimate of drug-likeness (QED) is 0.732. The monoisotopic (exact) mass is 264 g/mol. The molecule has 2 rings (SSSR count). The zero-order chi connectivity index (χ0) is 14.2. The van der Waals surface area contributed by atoms with Gasteiger partial charge in [0.15, 0.2) is 5.75 Å². The van der Waals surface area contributed by atoms with Crippen molar-refractivity contribution in [2.45, 2.75) is 39.4 Å². The Balaban J connectivity index is 2.33. The van der Waals surface area contributed by atoms with E-state index in [9.17, 15) is 4.79 Å². The van der Waals surface area contributed by atoms with Crippen molar-refractivity contribution in [1.82, 2.24) is 0 Å². The Morgan fingerprint density at radius 3 is 2.79 bits per heavy atom. The van der Waals surface area contributed by atoms with E-state index in [4.69, 9.17) is 15.2 Å². The van der Waals surface area contributed by atoms with Gasteiger partial charge in [0.05, 0.1) is 17.9 Å². The number of nitrogens with two attached hydrogens (primary N) is 1. The SMILES string of the molecule is C[C@H]1CN(C(=O)OC(C)(C)C)c2cccc(N)c2O1. The molecule has 1 aliphatic rings. The second kappa shape index (κ2) is 4.64. The molecule has 1 aromatic carbocycles. The summed E-state index contributed by atoms with van der Waals surface area (Å²) in [7, 11) is 0. The number of anilines is 2. The lowest BCUT2D eigenvalue weighted by Crippen LogP contribution is -2.44. The molecule has 1 atom stereocenters. The number of carbonyl (C=O) groups excluding carboxylic acids is 1. The van der Waals surface area contributed by atoms with Crippen LogP contribution in [0.25, 0.3) is 0 Å². The fourth-order valence-corrected chi connectivity index (χ4v) is 1.97. The third kappa shape index (κ3) is 2.92. The van der Waals surface area contributed by atoms with Crippen LogP contribution in [0.15, 0.2) is 18.2 Å². The Morgan fingerprint density at radius 1 is 1.47 bits per heavy atom. The van der Waals surface area contributed by atoms with Crippen LogP contribution < -0.4 is 15.4 Å². The number of benzene rings is 1. The highest BCUT2D eigenvalue weighted by Gasteiger charge is 2.31. The van der Waals surface area contributed by atoms with Gasteiger partial charge in [-0.25, -0.2) is 4.79 Å². The molecule has 2 N–H and O–H groups in total. The first-order valence-electron chi connectivity index (χ1n) is 6.33. The molecule has 5 heteroatoms. The average molecular weight is 264 g/mol. The number of hydrogen-bond donors (Lipinski definition) is 1. The van der Waals surface area contributed by atoms with Crippen LogP contribution in [0.2, 0.25) is 0 Å². The van der Waals surface area contributed by atoms with Gasteiger partial charge in [-0.15, -0.1) is 0 Å². The average Bonchev–Trinajstić information content (AvgIpc) is 2.27. The summed E-state index contributed by atoms with van der Waals surface area (Å²) < 4.78 is 11.1. The van der Waals surface area contributed by atoms with E-state index in [1.54, 1.807) is 17.0 Å². The summed E-state index contributed by atoms with van der Waals surface area (Å²) in [5, 5.41) is 0. The van der Waals surface area contributed by atoms with Crippen LogP contribution in [-0.4, -0.2) is 24.3 Å². The fraction of sp³-hybridized carbons (Fsp3) is 0.500. The molecule has 1 aromatic rings. The Bertz CT molecular complexity index is 494. The number of nitrogens with zero attached hydrogens (tertiary/aromatic N) is 1. The molecule has 5 nitrogen and oxygen atoms in total. The van der Waals surface area contributed by atoms with Gasteiger partial charge in [0, 0.05) is 0 Å². The minimum absolute atomic E-state index is 0.121. The molecular weight excluding hydrogens is 244 g/mol. The van der Waals surface area contributed by atoms with Crippen molar-refractivity contribution in [1.29, 1.82) is 0 Å². The molecule has 1 aliphatic heterocycles. The van der Waals surface area contributed by atoms with Crippen molar-refractivity contribution >= 4 is 17.5 Å². The molecule has 1 heterocycles. The minimum Gasteiger partial charge on any atom is -0.484 e. The molecule has 19 heavy (non-hydrogen) atoms. The highest BCUT2D eigenvalue weighted by Crippen LogP contribution is 2.38. The lowest BCUT2D eigenvalue weighted by Gasteiger charge is -2.35. The van der Waals surface area contributed by atoms with Crippen molar-refractivity contribution in [3.8, 4) is 5.75 Å². The smallest absolute Gasteiger partial charge is 0.415 e. The van der Waals surface area contributed by atoms with Gasteiger partial charge in [0.1, 0.15) is 11.7 Å². The largest absolute Gasteiger partial charge is 0.484 e. The maximum absolute atomic E-state index is 12.2. The van der Waals surface area contributed by atoms with Crippen molar-refractivity contribution in [3.63, 3.8) is 0 Å². The zero-order valence-corrected chi connectivity index (χ0v) is 11.8. The van der Waals surface area contributed by atoms with Gasteiger partial charge < -0.3 is 15.2 Å². The van der Waals surface area contributed by atoms with Crippen LogP contribution >= 0.6 is 0 Å². The zero-order valence-electron chi connectivity index (χ0n) is 11.8. The first-order valence-corrected chi connectivity index (χ1v) is 6.33. The minimum atomic E-state index is -0.529.